The Morgan fingerprint density at radius 1 is 1.19 bits per heavy atom. The Balaban J connectivity index is 1.49. The maximum Gasteiger partial charge on any atom is 0.287 e. The van der Waals surface area contributed by atoms with Crippen molar-refractivity contribution in [2.75, 3.05) is 7.11 Å². The summed E-state index contributed by atoms with van der Waals surface area (Å²) < 4.78 is 11.2. The highest BCUT2D eigenvalue weighted by atomic mass is 35.5. The molecule has 1 aliphatic heterocycles. The second-order valence-electron chi connectivity index (χ2n) is 7.09. The number of benzene rings is 2. The predicted octanol–water partition coefficient (Wildman–Crippen LogP) is 4.99. The first-order valence-corrected chi connectivity index (χ1v) is 11.7. The number of nitrogens with one attached hydrogen (secondary N) is 1. The first kappa shape index (κ1) is 25.1. The topological polar surface area (TPSA) is 124 Å². The minimum Gasteiger partial charge on any atom is -0.493 e. The van der Waals surface area contributed by atoms with Gasteiger partial charge in [0.15, 0.2) is 15.8 Å². The molecule has 0 bridgehead atoms. The second kappa shape index (κ2) is 10.7. The van der Waals surface area contributed by atoms with Crippen molar-refractivity contribution in [3.8, 4) is 17.4 Å². The molecule has 2 heterocycles. The Kier molecular flexibility index (Phi) is 7.48. The number of ether oxygens (including phenoxy) is 2. The summed E-state index contributed by atoms with van der Waals surface area (Å²) in [6.45, 7) is 0. The highest BCUT2D eigenvalue weighted by Gasteiger charge is 2.33. The summed E-state index contributed by atoms with van der Waals surface area (Å²) >= 11 is 12.1. The Morgan fingerprint density at radius 2 is 1.94 bits per heavy atom. The van der Waals surface area contributed by atoms with E-state index in [-0.39, 0.29) is 15.9 Å². The first-order chi connectivity index (χ1) is 17.2. The van der Waals surface area contributed by atoms with Gasteiger partial charge in [0, 0.05) is 22.7 Å². The normalized spacial score (nSPS) is 14.2. The molecule has 3 aromatic rings. The number of hydrogen-bond donors (Lipinski definition) is 1. The summed E-state index contributed by atoms with van der Waals surface area (Å²) in [6.07, 6.45) is 2.69. The van der Waals surface area contributed by atoms with Gasteiger partial charge < -0.3 is 9.47 Å². The molecule has 36 heavy (non-hydrogen) atoms. The number of thiocarbonyl (C=S) groups is 1. The molecule has 1 aliphatic rings. The molecular formula is C23H15ClN4O6S2. The maximum atomic E-state index is 12.9. The third-order valence-electron chi connectivity index (χ3n) is 4.74. The average Bonchev–Trinajstić information content (AvgIpc) is 3.12. The first-order valence-electron chi connectivity index (χ1n) is 10.1. The monoisotopic (exact) mass is 542 g/mol. The number of nitrogens with zero attached hydrogens (tertiary/aromatic N) is 3. The summed E-state index contributed by atoms with van der Waals surface area (Å²) in [5.74, 6) is -0.188. The SMILES string of the molecule is COc1cc(/C=C2/SC(=S)N(NC(=O)c3ccc(Cl)cc3)C2=O)ccc1Oc1ccc([N+](=O)[O-])cn1. The number of thioether (sulfide) groups is 1. The van der Waals surface area contributed by atoms with Gasteiger partial charge in [0.25, 0.3) is 17.5 Å². The van der Waals surface area contributed by atoms with Gasteiger partial charge in [0.05, 0.1) is 16.9 Å². The fraction of sp³-hybridized carbons (Fsp3) is 0.0435. The van der Waals surface area contributed by atoms with Crippen molar-refractivity contribution < 1.29 is 24.0 Å². The standard InChI is InChI=1S/C23H15ClN4O6S2/c1-33-18-10-13(2-8-17(18)34-20-9-7-16(12-25-20)28(31)32)11-19-22(30)27(23(35)36-19)26-21(29)14-3-5-15(24)6-4-14/h2-12H,1H3,(H,26,29)/b19-11+. The highest BCUT2D eigenvalue weighted by molar-refractivity contribution is 8.26. The second-order valence-corrected chi connectivity index (χ2v) is 9.20. The number of carbonyl (C=O) groups excluding carboxylic acids is 2. The van der Waals surface area contributed by atoms with E-state index in [4.69, 9.17) is 33.3 Å². The van der Waals surface area contributed by atoms with Crippen LogP contribution in [-0.4, -0.2) is 38.2 Å². The van der Waals surface area contributed by atoms with Gasteiger partial charge in [0.1, 0.15) is 6.20 Å². The van der Waals surface area contributed by atoms with Crippen molar-refractivity contribution in [1.29, 1.82) is 0 Å². The molecule has 0 saturated carbocycles. The number of carbonyl (C=O) groups is 2. The van der Waals surface area contributed by atoms with E-state index in [0.29, 0.717) is 32.6 Å². The van der Waals surface area contributed by atoms with Crippen LogP contribution in [0.15, 0.2) is 65.7 Å². The fourth-order valence-corrected chi connectivity index (χ4v) is 4.30. The summed E-state index contributed by atoms with van der Waals surface area (Å²) in [5, 5.41) is 12.3. The van der Waals surface area contributed by atoms with Crippen molar-refractivity contribution in [1.82, 2.24) is 15.4 Å². The van der Waals surface area contributed by atoms with Gasteiger partial charge in [0.2, 0.25) is 5.88 Å². The molecule has 1 fully saturated rings. The van der Waals surface area contributed by atoms with Crippen LogP contribution in [0, 0.1) is 10.1 Å². The Morgan fingerprint density at radius 3 is 2.58 bits per heavy atom. The van der Waals surface area contributed by atoms with Crippen LogP contribution in [-0.2, 0) is 4.79 Å². The summed E-state index contributed by atoms with van der Waals surface area (Å²) in [7, 11) is 1.45. The Bertz CT molecular complexity index is 1400. The van der Waals surface area contributed by atoms with Crippen LogP contribution in [0.4, 0.5) is 5.69 Å². The molecule has 1 saturated heterocycles. The largest absolute Gasteiger partial charge is 0.493 e. The van der Waals surface area contributed by atoms with Crippen molar-refractivity contribution in [2.24, 2.45) is 0 Å². The number of amides is 2. The fourth-order valence-electron chi connectivity index (χ4n) is 2.99. The quantitative estimate of drug-likeness (QED) is 0.190. The van der Waals surface area contributed by atoms with Gasteiger partial charge in [-0.2, -0.15) is 5.01 Å². The van der Waals surface area contributed by atoms with Gasteiger partial charge in [-0.3, -0.25) is 25.1 Å². The number of aromatic nitrogens is 1. The predicted molar refractivity (Wildman–Crippen MR) is 138 cm³/mol. The molecule has 10 nitrogen and oxygen atoms in total. The maximum absolute atomic E-state index is 12.9. The van der Waals surface area contributed by atoms with E-state index < -0.39 is 16.7 Å². The van der Waals surface area contributed by atoms with Crippen molar-refractivity contribution in [3.05, 3.63) is 92.0 Å². The van der Waals surface area contributed by atoms with Crippen molar-refractivity contribution in [2.45, 2.75) is 0 Å². The third kappa shape index (κ3) is 5.62. The Labute approximate surface area is 219 Å². The number of nitro groups is 1. The molecule has 0 spiro atoms. The van der Waals surface area contributed by atoms with E-state index in [1.165, 1.54) is 31.4 Å². The van der Waals surface area contributed by atoms with E-state index in [1.54, 1.807) is 36.4 Å². The van der Waals surface area contributed by atoms with E-state index in [2.05, 4.69) is 10.4 Å². The highest BCUT2D eigenvalue weighted by Crippen LogP contribution is 2.35. The molecule has 1 N–H and O–H groups in total. The lowest BCUT2D eigenvalue weighted by Gasteiger charge is -2.15. The zero-order chi connectivity index (χ0) is 25.8. The van der Waals surface area contributed by atoms with E-state index in [9.17, 15) is 19.7 Å². The summed E-state index contributed by atoms with van der Waals surface area (Å²) in [4.78, 5) is 39.8. The molecule has 0 atom stereocenters. The zero-order valence-corrected chi connectivity index (χ0v) is 20.7. The van der Waals surface area contributed by atoms with Gasteiger partial charge in [-0.05, 0) is 60.3 Å². The minimum absolute atomic E-state index is 0.143. The molecule has 2 aromatic carbocycles. The van der Waals surface area contributed by atoms with Crippen LogP contribution < -0.4 is 14.9 Å². The lowest BCUT2D eigenvalue weighted by molar-refractivity contribution is -0.385. The van der Waals surface area contributed by atoms with E-state index in [0.717, 1.165) is 23.0 Å². The zero-order valence-electron chi connectivity index (χ0n) is 18.3. The summed E-state index contributed by atoms with van der Waals surface area (Å²) in [5.41, 5.74) is 3.28. The van der Waals surface area contributed by atoms with Gasteiger partial charge in [-0.1, -0.05) is 29.4 Å². The molecule has 13 heteroatoms. The van der Waals surface area contributed by atoms with E-state index in [1.807, 2.05) is 0 Å². The van der Waals surface area contributed by atoms with Crippen molar-refractivity contribution in [3.63, 3.8) is 0 Å². The molecular weight excluding hydrogens is 528 g/mol. The van der Waals surface area contributed by atoms with Crippen LogP contribution in [0.25, 0.3) is 6.08 Å². The number of hydrazine groups is 1. The number of methoxy groups -OCH3 is 1. The van der Waals surface area contributed by atoms with Crippen LogP contribution in [0.2, 0.25) is 5.02 Å². The Hall–Kier alpha value is -4.00. The average molecular weight is 543 g/mol. The molecule has 0 unspecified atom stereocenters. The molecule has 182 valence electrons. The number of halogens is 1. The molecule has 1 aromatic heterocycles. The molecule has 0 aliphatic carbocycles. The van der Waals surface area contributed by atoms with Gasteiger partial charge >= 0.3 is 0 Å². The number of pyridine rings is 1. The van der Waals surface area contributed by atoms with Gasteiger partial charge in [-0.25, -0.2) is 4.98 Å². The van der Waals surface area contributed by atoms with Crippen LogP contribution in [0.1, 0.15) is 15.9 Å². The molecule has 2 amide bonds. The lowest BCUT2D eigenvalue weighted by Crippen LogP contribution is -2.44. The smallest absolute Gasteiger partial charge is 0.287 e. The lowest BCUT2D eigenvalue weighted by atomic mass is 10.2. The minimum atomic E-state index is -0.558. The van der Waals surface area contributed by atoms with Crippen LogP contribution in [0.3, 0.4) is 0 Å². The van der Waals surface area contributed by atoms with E-state index >= 15 is 0 Å². The van der Waals surface area contributed by atoms with Crippen molar-refractivity contribution >= 4 is 63.5 Å². The summed E-state index contributed by atoms with van der Waals surface area (Å²) in [6, 6.07) is 13.8. The van der Waals surface area contributed by atoms with Crippen LogP contribution in [0.5, 0.6) is 17.4 Å². The molecule has 0 radical (unpaired) electrons. The number of hydrogen-bond acceptors (Lipinski definition) is 9. The van der Waals surface area contributed by atoms with Crippen LogP contribution >= 0.6 is 35.6 Å². The molecule has 4 rings (SSSR count). The van der Waals surface area contributed by atoms with Gasteiger partial charge in [-0.15, -0.1) is 0 Å². The third-order valence-corrected chi connectivity index (χ3v) is 6.30. The number of rotatable bonds is 7.